The van der Waals surface area contributed by atoms with Crippen LogP contribution in [0, 0.1) is 13.8 Å². The minimum Gasteiger partial charge on any atom is -0.490 e. The normalized spacial score (nSPS) is 15.0. The number of ether oxygens (including phenoxy) is 2. The van der Waals surface area contributed by atoms with E-state index in [9.17, 15) is 4.79 Å². The number of fused-ring (bicyclic) bond motifs is 1. The molecule has 1 aliphatic rings. The molecule has 6 rings (SSSR count). The van der Waals surface area contributed by atoms with Crippen molar-refractivity contribution in [3.05, 3.63) is 136 Å². The zero-order chi connectivity index (χ0) is 29.8. The molecule has 214 valence electrons. The van der Waals surface area contributed by atoms with E-state index in [-0.39, 0.29) is 5.91 Å². The molecule has 1 saturated heterocycles. The van der Waals surface area contributed by atoms with E-state index < -0.39 is 0 Å². The Balaban J connectivity index is 1.30. The lowest BCUT2D eigenvalue weighted by Gasteiger charge is -2.16. The number of hydrogen-bond donors (Lipinski definition) is 0. The molecule has 5 aromatic carbocycles. The minimum absolute atomic E-state index is 0.117. The standard InChI is InChI=1S/C37H32N2O3S/c1-4-41-34-22-27(16-21-33(34)42-24-29-10-7-9-28-8-5-6-11-32(28)29)23-35-36(40)39(31-19-14-26(3)15-20-31)37(43-35)38-30-17-12-25(2)13-18-30/h5-23H,4,24H2,1-3H3/b35-23+,38-37?. The fourth-order valence-electron chi connectivity index (χ4n) is 4.93. The zero-order valence-electron chi connectivity index (χ0n) is 24.4. The number of carbonyl (C=O) groups is 1. The van der Waals surface area contributed by atoms with Crippen molar-refractivity contribution in [1.29, 1.82) is 0 Å². The summed E-state index contributed by atoms with van der Waals surface area (Å²) in [4.78, 5) is 20.9. The Morgan fingerprint density at radius 3 is 2.28 bits per heavy atom. The lowest BCUT2D eigenvalue weighted by atomic mass is 10.1. The van der Waals surface area contributed by atoms with Gasteiger partial charge in [-0.05, 0) is 96.9 Å². The van der Waals surface area contributed by atoms with Crippen LogP contribution < -0.4 is 14.4 Å². The Morgan fingerprint density at radius 1 is 0.791 bits per heavy atom. The summed E-state index contributed by atoms with van der Waals surface area (Å²) in [6.45, 7) is 6.93. The quantitative estimate of drug-likeness (QED) is 0.171. The molecule has 0 spiro atoms. The highest BCUT2D eigenvalue weighted by molar-refractivity contribution is 8.19. The maximum atomic E-state index is 13.8. The zero-order valence-corrected chi connectivity index (χ0v) is 25.2. The molecule has 0 N–H and O–H groups in total. The highest BCUT2D eigenvalue weighted by atomic mass is 32.2. The third kappa shape index (κ3) is 6.35. The van der Waals surface area contributed by atoms with E-state index in [4.69, 9.17) is 14.5 Å². The van der Waals surface area contributed by atoms with Crippen LogP contribution in [0.2, 0.25) is 0 Å². The third-order valence-electron chi connectivity index (χ3n) is 7.19. The molecule has 6 heteroatoms. The number of hydrogen-bond acceptors (Lipinski definition) is 5. The summed E-state index contributed by atoms with van der Waals surface area (Å²) in [5.41, 5.74) is 5.82. The van der Waals surface area contributed by atoms with E-state index in [1.54, 1.807) is 4.90 Å². The number of nitrogens with zero attached hydrogens (tertiary/aromatic N) is 2. The van der Waals surface area contributed by atoms with Crippen molar-refractivity contribution < 1.29 is 14.3 Å². The molecule has 43 heavy (non-hydrogen) atoms. The Morgan fingerprint density at radius 2 is 1.51 bits per heavy atom. The van der Waals surface area contributed by atoms with Crippen LogP contribution in [0.5, 0.6) is 11.5 Å². The van der Waals surface area contributed by atoms with Gasteiger partial charge in [0.1, 0.15) is 6.61 Å². The van der Waals surface area contributed by atoms with Gasteiger partial charge in [-0.25, -0.2) is 4.99 Å². The van der Waals surface area contributed by atoms with E-state index in [0.29, 0.717) is 34.8 Å². The van der Waals surface area contributed by atoms with Crippen LogP contribution in [-0.4, -0.2) is 17.7 Å². The number of benzene rings is 5. The van der Waals surface area contributed by atoms with Gasteiger partial charge in [0.15, 0.2) is 16.7 Å². The topological polar surface area (TPSA) is 51.1 Å². The second kappa shape index (κ2) is 12.6. The monoisotopic (exact) mass is 584 g/mol. The van der Waals surface area contributed by atoms with Crippen molar-refractivity contribution in [2.45, 2.75) is 27.4 Å². The lowest BCUT2D eigenvalue weighted by Crippen LogP contribution is -2.28. The molecule has 0 saturated carbocycles. The van der Waals surface area contributed by atoms with Crippen molar-refractivity contribution in [1.82, 2.24) is 0 Å². The van der Waals surface area contributed by atoms with Crippen molar-refractivity contribution in [3.8, 4) is 11.5 Å². The molecule has 0 radical (unpaired) electrons. The fraction of sp³-hybridized carbons (Fsp3) is 0.135. The molecular formula is C37H32N2O3S. The van der Waals surface area contributed by atoms with Crippen LogP contribution in [0.1, 0.15) is 29.2 Å². The Kier molecular flexibility index (Phi) is 8.29. The molecule has 0 unspecified atom stereocenters. The van der Waals surface area contributed by atoms with Gasteiger partial charge in [0.25, 0.3) is 5.91 Å². The summed E-state index contributed by atoms with van der Waals surface area (Å²) in [6.07, 6.45) is 1.89. The van der Waals surface area contributed by atoms with Crippen molar-refractivity contribution >= 4 is 51.1 Å². The average molecular weight is 585 g/mol. The Hall–Kier alpha value is -4.81. The number of amidine groups is 1. The number of aliphatic imine (C=N–C) groups is 1. The number of rotatable bonds is 8. The lowest BCUT2D eigenvalue weighted by molar-refractivity contribution is -0.113. The first-order valence-corrected chi connectivity index (χ1v) is 15.1. The molecule has 1 heterocycles. The molecule has 1 amide bonds. The number of thioether (sulfide) groups is 1. The van der Waals surface area contributed by atoms with Gasteiger partial charge in [0, 0.05) is 0 Å². The minimum atomic E-state index is -0.117. The van der Waals surface area contributed by atoms with Crippen LogP contribution in [0.15, 0.2) is 119 Å². The molecule has 0 bridgehead atoms. The Bertz CT molecular complexity index is 1840. The van der Waals surface area contributed by atoms with Gasteiger partial charge in [0.05, 0.1) is 22.9 Å². The predicted octanol–water partition coefficient (Wildman–Crippen LogP) is 9.24. The second-order valence-electron chi connectivity index (χ2n) is 10.4. The smallest absolute Gasteiger partial charge is 0.271 e. The first-order chi connectivity index (χ1) is 21.0. The van der Waals surface area contributed by atoms with Crippen molar-refractivity contribution in [2.75, 3.05) is 11.5 Å². The molecule has 0 aliphatic carbocycles. The van der Waals surface area contributed by atoms with Crippen LogP contribution in [0.25, 0.3) is 16.8 Å². The summed E-state index contributed by atoms with van der Waals surface area (Å²) in [6, 6.07) is 36.2. The Labute approximate surface area is 256 Å². The number of anilines is 1. The van der Waals surface area contributed by atoms with Gasteiger partial charge in [0.2, 0.25) is 0 Å². The third-order valence-corrected chi connectivity index (χ3v) is 8.15. The molecule has 0 atom stereocenters. The number of carbonyl (C=O) groups excluding carboxylic acids is 1. The summed E-state index contributed by atoms with van der Waals surface area (Å²) in [5.74, 6) is 1.18. The van der Waals surface area contributed by atoms with Gasteiger partial charge >= 0.3 is 0 Å². The molecule has 5 nitrogen and oxygen atoms in total. The summed E-state index contributed by atoms with van der Waals surface area (Å²) in [5, 5.41) is 2.96. The van der Waals surface area contributed by atoms with Crippen molar-refractivity contribution in [2.24, 2.45) is 4.99 Å². The van der Waals surface area contributed by atoms with Crippen LogP contribution in [-0.2, 0) is 11.4 Å². The summed E-state index contributed by atoms with van der Waals surface area (Å²) >= 11 is 1.37. The van der Waals surface area contributed by atoms with E-state index in [1.165, 1.54) is 22.5 Å². The van der Waals surface area contributed by atoms with Gasteiger partial charge in [-0.2, -0.15) is 0 Å². The maximum absolute atomic E-state index is 13.8. The molecule has 0 aromatic heterocycles. The van der Waals surface area contributed by atoms with E-state index >= 15 is 0 Å². The SMILES string of the molecule is CCOc1cc(/C=C2/SC(=Nc3ccc(C)cc3)N(c3ccc(C)cc3)C2=O)ccc1OCc1cccc2ccccc12. The van der Waals surface area contributed by atoms with Crippen molar-refractivity contribution in [3.63, 3.8) is 0 Å². The van der Waals surface area contributed by atoms with Crippen LogP contribution >= 0.6 is 11.8 Å². The molecule has 1 aliphatic heterocycles. The van der Waals surface area contributed by atoms with E-state index in [2.05, 4.69) is 24.3 Å². The van der Waals surface area contributed by atoms with Gasteiger partial charge in [-0.3, -0.25) is 9.69 Å². The average Bonchev–Trinajstić information content (AvgIpc) is 3.32. The number of aryl methyl sites for hydroxylation is 2. The summed E-state index contributed by atoms with van der Waals surface area (Å²) in [7, 11) is 0. The summed E-state index contributed by atoms with van der Waals surface area (Å²) < 4.78 is 12.2. The van der Waals surface area contributed by atoms with Gasteiger partial charge < -0.3 is 9.47 Å². The molecule has 5 aromatic rings. The van der Waals surface area contributed by atoms with E-state index in [1.807, 2.05) is 112 Å². The molecular weight excluding hydrogens is 552 g/mol. The molecule has 1 fully saturated rings. The highest BCUT2D eigenvalue weighted by Crippen LogP contribution is 2.39. The first kappa shape index (κ1) is 28.3. The fourth-order valence-corrected chi connectivity index (χ4v) is 5.93. The predicted molar refractivity (Wildman–Crippen MR) is 178 cm³/mol. The maximum Gasteiger partial charge on any atom is 0.271 e. The van der Waals surface area contributed by atoms with Crippen LogP contribution in [0.3, 0.4) is 0 Å². The largest absolute Gasteiger partial charge is 0.490 e. The van der Waals surface area contributed by atoms with Gasteiger partial charge in [-0.1, -0.05) is 83.9 Å². The highest BCUT2D eigenvalue weighted by Gasteiger charge is 2.34. The number of amides is 1. The first-order valence-electron chi connectivity index (χ1n) is 14.3. The van der Waals surface area contributed by atoms with Crippen LogP contribution in [0.4, 0.5) is 11.4 Å². The van der Waals surface area contributed by atoms with E-state index in [0.717, 1.165) is 33.6 Å². The second-order valence-corrected chi connectivity index (χ2v) is 11.4. The van der Waals surface area contributed by atoms with Gasteiger partial charge in [-0.15, -0.1) is 0 Å².